The quantitative estimate of drug-likeness (QED) is 0.256. The van der Waals surface area contributed by atoms with Crippen LogP contribution >= 0.6 is 0 Å². The summed E-state index contributed by atoms with van der Waals surface area (Å²) < 4.78 is 37.4. The van der Waals surface area contributed by atoms with Crippen molar-refractivity contribution >= 4 is 40.0 Å². The number of carbonyl (C=O) groups is 2. The molecule has 1 atom stereocenters. The van der Waals surface area contributed by atoms with Gasteiger partial charge in [-0.2, -0.15) is 0 Å². The number of hydrogen-bond donors (Lipinski definition) is 1. The summed E-state index contributed by atoms with van der Waals surface area (Å²) in [6, 6.07) is 7.24. The fraction of sp³-hybridized carbons (Fsp3) is 0.370. The average Bonchev–Trinajstić information content (AvgIpc) is 3.73. The van der Waals surface area contributed by atoms with Crippen molar-refractivity contribution in [1.82, 2.24) is 4.57 Å². The summed E-state index contributed by atoms with van der Waals surface area (Å²) in [5, 5.41) is 12.9. The summed E-state index contributed by atoms with van der Waals surface area (Å²) in [4.78, 5) is 44.2. The molecular formula is C27H25F2N7O5. The second kappa shape index (κ2) is 10.3. The van der Waals surface area contributed by atoms with Crippen molar-refractivity contribution in [2.45, 2.75) is 25.0 Å². The molecule has 1 saturated carbocycles. The van der Waals surface area contributed by atoms with E-state index in [1.54, 1.807) is 22.8 Å². The van der Waals surface area contributed by atoms with Crippen LogP contribution in [0, 0.1) is 11.6 Å². The number of carboxylic acids is 1. The molecule has 1 amide bonds. The molecule has 3 heterocycles. The highest BCUT2D eigenvalue weighted by atomic mass is 19.1. The molecule has 1 aliphatic carbocycles. The number of nitrogens with zero attached hydrogens (tertiary/aromatic N) is 7. The van der Waals surface area contributed by atoms with E-state index in [2.05, 4.69) is 10.0 Å². The maximum absolute atomic E-state index is 15.3. The Labute approximate surface area is 231 Å². The van der Waals surface area contributed by atoms with Gasteiger partial charge in [-0.1, -0.05) is 5.11 Å². The Hall–Kier alpha value is -4.84. The zero-order chi connectivity index (χ0) is 28.8. The van der Waals surface area contributed by atoms with Gasteiger partial charge in [0.2, 0.25) is 5.43 Å². The number of aromatic carboxylic acids is 1. The lowest BCUT2D eigenvalue weighted by Crippen LogP contribution is -2.47. The summed E-state index contributed by atoms with van der Waals surface area (Å²) >= 11 is 0. The van der Waals surface area contributed by atoms with Crippen molar-refractivity contribution in [3.05, 3.63) is 74.4 Å². The first-order valence-corrected chi connectivity index (χ1v) is 13.1. The van der Waals surface area contributed by atoms with Gasteiger partial charge in [0.15, 0.2) is 0 Å². The highest BCUT2D eigenvalue weighted by molar-refractivity contribution is 5.94. The molecule has 0 bridgehead atoms. The maximum atomic E-state index is 15.3. The summed E-state index contributed by atoms with van der Waals surface area (Å²) in [6.45, 7) is 1.67. The molecule has 2 saturated heterocycles. The predicted octanol–water partition coefficient (Wildman–Crippen LogP) is 4.27. The number of amides is 1. The zero-order valence-corrected chi connectivity index (χ0v) is 21.7. The van der Waals surface area contributed by atoms with Gasteiger partial charge in [-0.15, -0.1) is 0 Å². The molecule has 3 aromatic rings. The average molecular weight is 566 g/mol. The van der Waals surface area contributed by atoms with Crippen molar-refractivity contribution in [1.29, 1.82) is 0 Å². The van der Waals surface area contributed by atoms with Gasteiger partial charge in [0.1, 0.15) is 23.3 Å². The highest BCUT2D eigenvalue weighted by Gasteiger charge is 2.33. The molecule has 2 aliphatic heterocycles. The number of carbonyl (C=O) groups excluding carboxylic acids is 1. The molecule has 0 radical (unpaired) electrons. The number of rotatable bonds is 7. The minimum absolute atomic E-state index is 0.0105. The summed E-state index contributed by atoms with van der Waals surface area (Å²) in [6.07, 6.45) is 1.79. The molecule has 14 heteroatoms. The van der Waals surface area contributed by atoms with Crippen LogP contribution in [0.3, 0.4) is 0 Å². The van der Waals surface area contributed by atoms with Crippen molar-refractivity contribution in [2.75, 3.05) is 54.0 Å². The van der Waals surface area contributed by atoms with Crippen LogP contribution in [-0.4, -0.2) is 67.1 Å². The fourth-order valence-corrected chi connectivity index (χ4v) is 5.47. The van der Waals surface area contributed by atoms with E-state index in [4.69, 9.17) is 10.3 Å². The van der Waals surface area contributed by atoms with Crippen LogP contribution in [0.15, 0.2) is 46.4 Å². The van der Waals surface area contributed by atoms with Gasteiger partial charge in [0, 0.05) is 48.7 Å². The minimum Gasteiger partial charge on any atom is -0.477 e. The molecule has 3 aliphatic rings. The third-order valence-corrected chi connectivity index (χ3v) is 7.70. The maximum Gasteiger partial charge on any atom is 0.414 e. The van der Waals surface area contributed by atoms with Gasteiger partial charge in [0.25, 0.3) is 0 Å². The lowest BCUT2D eigenvalue weighted by molar-refractivity contribution is 0.0694. The number of piperazine rings is 1. The van der Waals surface area contributed by atoms with Crippen molar-refractivity contribution in [3.8, 4) is 0 Å². The van der Waals surface area contributed by atoms with Crippen LogP contribution in [-0.2, 0) is 4.74 Å². The first-order valence-electron chi connectivity index (χ1n) is 13.1. The van der Waals surface area contributed by atoms with Crippen molar-refractivity contribution in [3.63, 3.8) is 0 Å². The number of anilines is 3. The Morgan fingerprint density at radius 3 is 2.37 bits per heavy atom. The van der Waals surface area contributed by atoms with Crippen LogP contribution in [0.5, 0.6) is 0 Å². The van der Waals surface area contributed by atoms with E-state index in [0.29, 0.717) is 48.8 Å². The third kappa shape index (κ3) is 4.86. The molecule has 3 fully saturated rings. The molecule has 1 N–H and O–H groups in total. The Balaban J connectivity index is 1.20. The van der Waals surface area contributed by atoms with E-state index in [0.717, 1.165) is 18.9 Å². The molecule has 2 aromatic carbocycles. The Kier molecular flexibility index (Phi) is 6.62. The molecule has 212 valence electrons. The van der Waals surface area contributed by atoms with Gasteiger partial charge in [0.05, 0.1) is 35.7 Å². The summed E-state index contributed by atoms with van der Waals surface area (Å²) in [5.41, 5.74) is 8.83. The first kappa shape index (κ1) is 26.4. The van der Waals surface area contributed by atoms with Crippen LogP contribution in [0.4, 0.5) is 30.6 Å². The van der Waals surface area contributed by atoms with E-state index in [-0.39, 0.29) is 30.1 Å². The number of ether oxygens (including phenoxy) is 1. The van der Waals surface area contributed by atoms with Crippen molar-refractivity contribution < 1.29 is 28.2 Å². The van der Waals surface area contributed by atoms with Crippen LogP contribution in [0.1, 0.15) is 29.2 Å². The van der Waals surface area contributed by atoms with Crippen molar-refractivity contribution in [2.24, 2.45) is 5.11 Å². The number of azide groups is 1. The van der Waals surface area contributed by atoms with E-state index < -0.39 is 35.2 Å². The normalized spacial score (nSPS) is 18.9. The van der Waals surface area contributed by atoms with E-state index in [1.165, 1.54) is 17.2 Å². The lowest BCUT2D eigenvalue weighted by atomic mass is 10.1. The SMILES string of the molecule is [N-]=[N+]=NC[C@H]1CN(c2ccc(N3CCN(c4cc5c(cc4F)c(=O)c(C(=O)O)cn5C4CC4)CC3)c(F)c2)C(=O)O1. The fourth-order valence-electron chi connectivity index (χ4n) is 5.47. The highest BCUT2D eigenvalue weighted by Crippen LogP contribution is 2.38. The number of benzene rings is 2. The van der Waals surface area contributed by atoms with Crippen LogP contribution in [0.25, 0.3) is 21.3 Å². The molecular weight excluding hydrogens is 540 g/mol. The standard InChI is InChI=1S/C27H25F2N7O5/c28-20-9-16(36-13-17(12-31-32-30)41-27(36)40)3-4-22(20)33-5-7-34(8-6-33)24-11-23-18(10-21(24)29)25(37)19(26(38)39)14-35(23)15-1-2-15/h3-4,9-11,14-15,17H,1-2,5-8,12-13H2,(H,38,39)/t17-/m0/s1. The molecule has 12 nitrogen and oxygen atoms in total. The molecule has 0 spiro atoms. The number of carboxylic acid groups (broad SMARTS) is 1. The number of pyridine rings is 1. The Bertz CT molecular complexity index is 1680. The second-order valence-corrected chi connectivity index (χ2v) is 10.3. The second-order valence-electron chi connectivity index (χ2n) is 10.3. The van der Waals surface area contributed by atoms with Gasteiger partial charge >= 0.3 is 12.1 Å². The van der Waals surface area contributed by atoms with Gasteiger partial charge in [-0.25, -0.2) is 18.4 Å². The van der Waals surface area contributed by atoms with E-state index >= 15 is 8.78 Å². The van der Waals surface area contributed by atoms with E-state index in [9.17, 15) is 19.5 Å². The summed E-state index contributed by atoms with van der Waals surface area (Å²) in [7, 11) is 0. The Morgan fingerprint density at radius 2 is 1.73 bits per heavy atom. The van der Waals surface area contributed by atoms with Gasteiger partial charge in [-0.3, -0.25) is 9.69 Å². The number of hydrogen-bond acceptors (Lipinski definition) is 7. The minimum atomic E-state index is -1.35. The van der Waals surface area contributed by atoms with Gasteiger partial charge < -0.3 is 24.2 Å². The Morgan fingerprint density at radius 1 is 1.05 bits per heavy atom. The molecule has 41 heavy (non-hydrogen) atoms. The molecule has 6 rings (SSSR count). The number of aromatic nitrogens is 1. The van der Waals surface area contributed by atoms with E-state index in [1.807, 2.05) is 9.80 Å². The number of halogens is 2. The number of cyclic esters (lactones) is 1. The zero-order valence-electron chi connectivity index (χ0n) is 21.7. The molecule has 1 aromatic heterocycles. The van der Waals surface area contributed by atoms with Crippen LogP contribution in [0.2, 0.25) is 0 Å². The topological polar surface area (TPSA) is 144 Å². The number of fused-ring (bicyclic) bond motifs is 1. The van der Waals surface area contributed by atoms with Crippen LogP contribution < -0.4 is 20.1 Å². The third-order valence-electron chi connectivity index (χ3n) is 7.70. The largest absolute Gasteiger partial charge is 0.477 e. The van der Waals surface area contributed by atoms with Gasteiger partial charge in [-0.05, 0) is 48.7 Å². The smallest absolute Gasteiger partial charge is 0.414 e. The lowest BCUT2D eigenvalue weighted by Gasteiger charge is -2.37. The molecule has 0 unspecified atom stereocenters. The predicted molar refractivity (Wildman–Crippen MR) is 146 cm³/mol. The first-order chi connectivity index (χ1) is 19.7. The monoisotopic (exact) mass is 565 g/mol. The summed E-state index contributed by atoms with van der Waals surface area (Å²) in [5.74, 6) is -2.50.